The van der Waals surface area contributed by atoms with Gasteiger partial charge in [0.05, 0.1) is 26.2 Å². The highest BCUT2D eigenvalue weighted by Gasteiger charge is 2.21. The van der Waals surface area contributed by atoms with Crippen LogP contribution in [0.25, 0.3) is 16.3 Å². The summed E-state index contributed by atoms with van der Waals surface area (Å²) < 4.78 is 6.66. The number of carbonyl (C=O) groups excluding carboxylic acids is 2. The van der Waals surface area contributed by atoms with Gasteiger partial charge in [0.15, 0.2) is 12.3 Å². The standard InChI is InChI=1S/C22H15ClN4O5S/c23-16-11-15(27(30)31)8-9-17(16)24-21(28)13-32-22(29)19-12-18(20-7-4-10-33-20)25-26(19)14-5-2-1-3-6-14/h1-12H,13H2,(H,24,28). The minimum Gasteiger partial charge on any atom is -0.451 e. The molecule has 2 aromatic carbocycles. The summed E-state index contributed by atoms with van der Waals surface area (Å²) >= 11 is 7.46. The number of nitrogens with zero attached hydrogens (tertiary/aromatic N) is 3. The molecular formula is C22H15ClN4O5S. The Bertz CT molecular complexity index is 1320. The van der Waals surface area contributed by atoms with Crippen molar-refractivity contribution in [2.24, 2.45) is 0 Å². The van der Waals surface area contributed by atoms with E-state index in [1.165, 1.54) is 28.2 Å². The Hall–Kier alpha value is -4.02. The van der Waals surface area contributed by atoms with Crippen LogP contribution in [-0.2, 0) is 9.53 Å². The van der Waals surface area contributed by atoms with Crippen LogP contribution in [0.15, 0.2) is 72.1 Å². The van der Waals surface area contributed by atoms with Gasteiger partial charge in [-0.2, -0.15) is 5.10 Å². The van der Waals surface area contributed by atoms with E-state index >= 15 is 0 Å². The predicted molar refractivity (Wildman–Crippen MR) is 124 cm³/mol. The Morgan fingerprint density at radius 3 is 2.58 bits per heavy atom. The number of nitro groups is 1. The highest BCUT2D eigenvalue weighted by Crippen LogP contribution is 2.27. The molecule has 0 aliphatic heterocycles. The lowest BCUT2D eigenvalue weighted by molar-refractivity contribution is -0.384. The van der Waals surface area contributed by atoms with Crippen LogP contribution in [0.4, 0.5) is 11.4 Å². The highest BCUT2D eigenvalue weighted by atomic mass is 35.5. The van der Waals surface area contributed by atoms with Gasteiger partial charge in [0.25, 0.3) is 11.6 Å². The molecule has 1 amide bonds. The average molecular weight is 483 g/mol. The van der Waals surface area contributed by atoms with Gasteiger partial charge in [0.1, 0.15) is 5.69 Å². The predicted octanol–water partition coefficient (Wildman–Crippen LogP) is 4.96. The number of anilines is 1. The maximum absolute atomic E-state index is 12.8. The van der Waals surface area contributed by atoms with Gasteiger partial charge in [-0.15, -0.1) is 11.3 Å². The van der Waals surface area contributed by atoms with E-state index in [0.717, 1.165) is 10.9 Å². The van der Waals surface area contributed by atoms with Crippen molar-refractivity contribution in [1.82, 2.24) is 9.78 Å². The van der Waals surface area contributed by atoms with Crippen LogP contribution in [-0.4, -0.2) is 33.2 Å². The number of hydrogen-bond donors (Lipinski definition) is 1. The lowest BCUT2D eigenvalue weighted by atomic mass is 10.3. The minimum atomic E-state index is -0.737. The summed E-state index contributed by atoms with van der Waals surface area (Å²) in [5.74, 6) is -1.39. The first kappa shape index (κ1) is 22.2. The number of non-ortho nitro benzene ring substituents is 1. The monoisotopic (exact) mass is 482 g/mol. The second-order valence-corrected chi connectivity index (χ2v) is 8.04. The first-order chi connectivity index (χ1) is 15.9. The molecule has 0 radical (unpaired) electrons. The molecule has 4 rings (SSSR count). The van der Waals surface area contributed by atoms with Gasteiger partial charge in [0.2, 0.25) is 0 Å². The molecule has 0 unspecified atom stereocenters. The van der Waals surface area contributed by atoms with Crippen molar-refractivity contribution in [2.45, 2.75) is 0 Å². The summed E-state index contributed by atoms with van der Waals surface area (Å²) in [7, 11) is 0. The number of rotatable bonds is 7. The molecule has 166 valence electrons. The number of ether oxygens (including phenoxy) is 1. The summed E-state index contributed by atoms with van der Waals surface area (Å²) in [6.45, 7) is -0.583. The number of amides is 1. The van der Waals surface area contributed by atoms with Gasteiger partial charge >= 0.3 is 5.97 Å². The molecule has 0 spiro atoms. The molecule has 0 fully saturated rings. The lowest BCUT2D eigenvalue weighted by Gasteiger charge is -2.09. The number of para-hydroxylation sites is 1. The number of benzene rings is 2. The van der Waals surface area contributed by atoms with Crippen molar-refractivity contribution in [2.75, 3.05) is 11.9 Å². The smallest absolute Gasteiger partial charge is 0.357 e. The first-order valence-electron chi connectivity index (χ1n) is 9.52. The third-order valence-corrected chi connectivity index (χ3v) is 5.67. The summed E-state index contributed by atoms with van der Waals surface area (Å²) in [4.78, 5) is 36.2. The number of carbonyl (C=O) groups is 2. The third-order valence-electron chi connectivity index (χ3n) is 4.46. The molecule has 0 bridgehead atoms. The van der Waals surface area contributed by atoms with Crippen LogP contribution in [0, 0.1) is 10.1 Å². The van der Waals surface area contributed by atoms with E-state index in [0.29, 0.717) is 11.4 Å². The van der Waals surface area contributed by atoms with Gasteiger partial charge in [0, 0.05) is 18.2 Å². The zero-order valence-corrected chi connectivity index (χ0v) is 18.4. The van der Waals surface area contributed by atoms with Crippen LogP contribution in [0.3, 0.4) is 0 Å². The van der Waals surface area contributed by atoms with E-state index in [2.05, 4.69) is 10.4 Å². The number of nitro benzene ring substituents is 1. The van der Waals surface area contributed by atoms with Crippen molar-refractivity contribution in [3.63, 3.8) is 0 Å². The van der Waals surface area contributed by atoms with Gasteiger partial charge in [-0.05, 0) is 29.6 Å². The summed E-state index contributed by atoms with van der Waals surface area (Å²) in [5, 5.41) is 19.7. The number of halogens is 1. The van der Waals surface area contributed by atoms with E-state index in [1.54, 1.807) is 18.2 Å². The van der Waals surface area contributed by atoms with E-state index in [-0.39, 0.29) is 22.1 Å². The fraction of sp³-hybridized carbons (Fsp3) is 0.0455. The van der Waals surface area contributed by atoms with Gasteiger partial charge in [-0.3, -0.25) is 14.9 Å². The van der Waals surface area contributed by atoms with E-state index in [9.17, 15) is 19.7 Å². The lowest BCUT2D eigenvalue weighted by Crippen LogP contribution is -2.22. The molecule has 9 nitrogen and oxygen atoms in total. The normalized spacial score (nSPS) is 10.6. The van der Waals surface area contributed by atoms with Crippen molar-refractivity contribution in [3.8, 4) is 16.3 Å². The van der Waals surface area contributed by atoms with Crippen LogP contribution in [0.2, 0.25) is 5.02 Å². The molecule has 2 aromatic heterocycles. The van der Waals surface area contributed by atoms with Crippen molar-refractivity contribution < 1.29 is 19.2 Å². The Labute approximate surface area is 196 Å². The minimum absolute atomic E-state index is 0.00776. The SMILES string of the molecule is O=C(COC(=O)c1cc(-c2cccs2)nn1-c1ccccc1)Nc1ccc([N+](=O)[O-])cc1Cl. The van der Waals surface area contributed by atoms with Crippen LogP contribution in [0.5, 0.6) is 0 Å². The highest BCUT2D eigenvalue weighted by molar-refractivity contribution is 7.13. The maximum atomic E-state index is 12.8. The third kappa shape index (κ3) is 5.08. The fourth-order valence-electron chi connectivity index (χ4n) is 2.95. The largest absolute Gasteiger partial charge is 0.451 e. The summed E-state index contributed by atoms with van der Waals surface area (Å²) in [6.07, 6.45) is 0. The molecule has 0 atom stereocenters. The van der Waals surface area contributed by atoms with E-state index in [1.807, 2.05) is 35.7 Å². The van der Waals surface area contributed by atoms with Crippen LogP contribution in [0.1, 0.15) is 10.5 Å². The van der Waals surface area contributed by atoms with E-state index in [4.69, 9.17) is 16.3 Å². The molecule has 11 heteroatoms. The molecule has 0 saturated heterocycles. The molecule has 0 aliphatic rings. The maximum Gasteiger partial charge on any atom is 0.357 e. The van der Waals surface area contributed by atoms with Crippen molar-refractivity contribution >= 4 is 46.2 Å². The van der Waals surface area contributed by atoms with E-state index < -0.39 is 23.4 Å². The molecule has 2 heterocycles. The number of hydrogen-bond acceptors (Lipinski definition) is 7. The molecule has 4 aromatic rings. The van der Waals surface area contributed by atoms with Gasteiger partial charge in [-0.25, -0.2) is 9.48 Å². The Balaban J connectivity index is 1.49. The Kier molecular flexibility index (Phi) is 6.48. The molecule has 0 aliphatic carbocycles. The molecular weight excluding hydrogens is 468 g/mol. The summed E-state index contributed by atoms with van der Waals surface area (Å²) in [6, 6.07) is 18.1. The van der Waals surface area contributed by atoms with Crippen LogP contribution >= 0.6 is 22.9 Å². The zero-order valence-electron chi connectivity index (χ0n) is 16.8. The number of esters is 1. The average Bonchev–Trinajstić information content (AvgIpc) is 3.49. The van der Waals surface area contributed by atoms with Crippen molar-refractivity contribution in [1.29, 1.82) is 0 Å². The number of aromatic nitrogens is 2. The second kappa shape index (κ2) is 9.63. The van der Waals surface area contributed by atoms with Crippen LogP contribution < -0.4 is 5.32 Å². The molecule has 33 heavy (non-hydrogen) atoms. The number of thiophene rings is 1. The molecule has 1 N–H and O–H groups in total. The van der Waals surface area contributed by atoms with Gasteiger partial charge in [-0.1, -0.05) is 35.9 Å². The zero-order chi connectivity index (χ0) is 23.4. The van der Waals surface area contributed by atoms with Gasteiger partial charge < -0.3 is 10.1 Å². The number of nitrogens with one attached hydrogen (secondary N) is 1. The molecule has 0 saturated carbocycles. The topological polar surface area (TPSA) is 116 Å². The summed E-state index contributed by atoms with van der Waals surface area (Å²) in [5.41, 5.74) is 1.38. The fourth-order valence-corrected chi connectivity index (χ4v) is 3.85. The Morgan fingerprint density at radius 2 is 1.91 bits per heavy atom. The first-order valence-corrected chi connectivity index (χ1v) is 10.8. The quantitative estimate of drug-likeness (QED) is 0.226. The van der Waals surface area contributed by atoms with Crippen molar-refractivity contribution in [3.05, 3.63) is 92.9 Å². The Morgan fingerprint density at radius 1 is 1.12 bits per heavy atom. The second-order valence-electron chi connectivity index (χ2n) is 6.69.